The van der Waals surface area contributed by atoms with E-state index in [2.05, 4.69) is 20.5 Å². The van der Waals surface area contributed by atoms with Crippen LogP contribution < -0.4 is 5.32 Å². The van der Waals surface area contributed by atoms with Crippen LogP contribution in [0, 0.1) is 0 Å². The normalized spacial score (nSPS) is 13.6. The van der Waals surface area contributed by atoms with Gasteiger partial charge in [-0.1, -0.05) is 54.2 Å². The molecule has 0 fully saturated rings. The zero-order valence-electron chi connectivity index (χ0n) is 17.4. The van der Waals surface area contributed by atoms with Gasteiger partial charge in [0.1, 0.15) is 0 Å². The Morgan fingerprint density at radius 3 is 2.70 bits per heavy atom. The number of carbonyl (C=O) groups excluding carboxylic acids is 1. The molecule has 4 rings (SSSR count). The van der Waals surface area contributed by atoms with Crippen molar-refractivity contribution in [3.05, 3.63) is 83.8 Å². The number of aromatic nitrogens is 4. The highest BCUT2D eigenvalue weighted by atomic mass is 32.2. The Balaban J connectivity index is 1.59. The number of rotatable bonds is 7. The summed E-state index contributed by atoms with van der Waals surface area (Å²) in [7, 11) is 0. The van der Waals surface area contributed by atoms with Crippen LogP contribution in [0.5, 0.6) is 0 Å². The number of alkyl halides is 3. The minimum absolute atomic E-state index is 0.0921. The second-order valence-corrected chi connectivity index (χ2v) is 8.28. The topological polar surface area (TPSA) is 72.7 Å². The van der Waals surface area contributed by atoms with Crippen molar-refractivity contribution in [2.24, 2.45) is 0 Å². The van der Waals surface area contributed by atoms with Crippen LogP contribution >= 0.6 is 11.8 Å². The van der Waals surface area contributed by atoms with Crippen molar-refractivity contribution in [2.45, 2.75) is 30.7 Å². The van der Waals surface area contributed by atoms with E-state index in [4.69, 9.17) is 0 Å². The van der Waals surface area contributed by atoms with Gasteiger partial charge in [-0.3, -0.25) is 14.3 Å². The average molecular weight is 472 g/mol. The molecule has 170 valence electrons. The highest BCUT2D eigenvalue weighted by molar-refractivity contribution is 7.99. The van der Waals surface area contributed by atoms with E-state index in [9.17, 15) is 18.0 Å². The fourth-order valence-corrected chi connectivity index (χ4v) is 4.02. The summed E-state index contributed by atoms with van der Waals surface area (Å²) in [6.07, 6.45) is 5.01. The number of amides is 1. The molecule has 1 aliphatic carbocycles. The Morgan fingerprint density at radius 1 is 1.15 bits per heavy atom. The smallest absolute Gasteiger partial charge is 0.329 e. The van der Waals surface area contributed by atoms with Crippen LogP contribution in [0.1, 0.15) is 24.0 Å². The molecular weight excluding hydrogens is 451 g/mol. The van der Waals surface area contributed by atoms with Gasteiger partial charge in [-0.2, -0.15) is 13.2 Å². The number of nitrogens with zero attached hydrogens (tertiary/aromatic N) is 4. The fourth-order valence-electron chi connectivity index (χ4n) is 3.29. The van der Waals surface area contributed by atoms with Gasteiger partial charge in [-0.05, 0) is 30.5 Å². The lowest BCUT2D eigenvalue weighted by Crippen LogP contribution is -2.25. The molecule has 0 atom stereocenters. The average Bonchev–Trinajstić information content (AvgIpc) is 3.21. The SMILES string of the molecule is O=C(CSc1nnc(-c2cncc(C(F)(F)F)c2)n1Cc1ccccc1)NC1=CC=CCC1. The predicted octanol–water partition coefficient (Wildman–Crippen LogP) is 4.85. The lowest BCUT2D eigenvalue weighted by molar-refractivity contribution is -0.137. The van der Waals surface area contributed by atoms with Crippen LogP contribution in [-0.2, 0) is 17.5 Å². The predicted molar refractivity (Wildman–Crippen MR) is 119 cm³/mol. The second-order valence-electron chi connectivity index (χ2n) is 7.33. The van der Waals surface area contributed by atoms with E-state index >= 15 is 0 Å². The quantitative estimate of drug-likeness (QED) is 0.499. The van der Waals surface area contributed by atoms with Crippen molar-refractivity contribution in [1.82, 2.24) is 25.1 Å². The van der Waals surface area contributed by atoms with Crippen LogP contribution in [0.3, 0.4) is 0 Å². The van der Waals surface area contributed by atoms with Gasteiger partial charge in [0.05, 0.1) is 17.9 Å². The van der Waals surface area contributed by atoms with Crippen molar-refractivity contribution < 1.29 is 18.0 Å². The highest BCUT2D eigenvalue weighted by Gasteiger charge is 2.31. The minimum atomic E-state index is -4.52. The minimum Gasteiger partial charge on any atom is -0.329 e. The van der Waals surface area contributed by atoms with Gasteiger partial charge in [-0.25, -0.2) is 0 Å². The fraction of sp³-hybridized carbons (Fsp3) is 0.217. The van der Waals surface area contributed by atoms with Gasteiger partial charge in [-0.15, -0.1) is 10.2 Å². The Morgan fingerprint density at radius 2 is 1.97 bits per heavy atom. The van der Waals surface area contributed by atoms with Crippen molar-refractivity contribution in [2.75, 3.05) is 5.75 Å². The number of benzene rings is 1. The maximum Gasteiger partial charge on any atom is 0.417 e. The number of halogens is 3. The first-order chi connectivity index (χ1) is 15.9. The van der Waals surface area contributed by atoms with E-state index in [-0.39, 0.29) is 23.0 Å². The lowest BCUT2D eigenvalue weighted by atomic mass is 10.1. The first-order valence-corrected chi connectivity index (χ1v) is 11.2. The van der Waals surface area contributed by atoms with Crippen molar-refractivity contribution >= 4 is 17.7 Å². The van der Waals surface area contributed by atoms with E-state index in [1.807, 2.05) is 48.6 Å². The number of hydrogen-bond donors (Lipinski definition) is 1. The maximum atomic E-state index is 13.2. The monoisotopic (exact) mass is 471 g/mol. The summed E-state index contributed by atoms with van der Waals surface area (Å²) in [6, 6.07) is 10.4. The van der Waals surface area contributed by atoms with Crippen molar-refractivity contribution in [3.8, 4) is 11.4 Å². The van der Waals surface area contributed by atoms with Crippen LogP contribution in [0.4, 0.5) is 13.2 Å². The molecule has 0 radical (unpaired) electrons. The third kappa shape index (κ3) is 5.89. The summed E-state index contributed by atoms with van der Waals surface area (Å²) < 4.78 is 41.3. The molecule has 2 heterocycles. The van der Waals surface area contributed by atoms with Gasteiger partial charge >= 0.3 is 6.18 Å². The van der Waals surface area contributed by atoms with Crippen LogP contribution in [0.2, 0.25) is 0 Å². The molecule has 10 heteroatoms. The first-order valence-electron chi connectivity index (χ1n) is 10.2. The summed E-state index contributed by atoms with van der Waals surface area (Å²) in [5, 5.41) is 11.6. The summed E-state index contributed by atoms with van der Waals surface area (Å²) in [6.45, 7) is 0.333. The van der Waals surface area contributed by atoms with E-state index < -0.39 is 11.7 Å². The van der Waals surface area contributed by atoms with Crippen molar-refractivity contribution in [1.29, 1.82) is 0 Å². The number of carbonyl (C=O) groups is 1. The van der Waals surface area contributed by atoms with E-state index in [1.165, 1.54) is 18.0 Å². The largest absolute Gasteiger partial charge is 0.417 e. The Kier molecular flexibility index (Phi) is 6.93. The van der Waals surface area contributed by atoms with Gasteiger partial charge < -0.3 is 5.32 Å². The molecule has 0 saturated carbocycles. The Bertz CT molecular complexity index is 1190. The summed E-state index contributed by atoms with van der Waals surface area (Å²) >= 11 is 1.18. The number of thioether (sulfide) groups is 1. The number of allylic oxidation sites excluding steroid dienone is 4. The molecule has 6 nitrogen and oxygen atoms in total. The molecule has 1 aromatic carbocycles. The zero-order chi connectivity index (χ0) is 23.3. The van der Waals surface area contributed by atoms with Crippen LogP contribution in [0.15, 0.2) is 77.9 Å². The Labute approximate surface area is 192 Å². The second kappa shape index (κ2) is 10.0. The molecule has 1 amide bonds. The molecule has 1 aliphatic rings. The lowest BCUT2D eigenvalue weighted by Gasteiger charge is -2.13. The summed E-state index contributed by atoms with van der Waals surface area (Å²) in [5.41, 5.74) is 1.11. The third-order valence-corrected chi connectivity index (χ3v) is 5.84. The van der Waals surface area contributed by atoms with Gasteiger partial charge in [0.2, 0.25) is 5.91 Å². The third-order valence-electron chi connectivity index (χ3n) is 4.87. The van der Waals surface area contributed by atoms with Crippen LogP contribution in [-0.4, -0.2) is 31.4 Å². The van der Waals surface area contributed by atoms with E-state index in [1.54, 1.807) is 4.57 Å². The van der Waals surface area contributed by atoms with E-state index in [0.717, 1.165) is 36.4 Å². The summed E-state index contributed by atoms with van der Waals surface area (Å²) in [4.78, 5) is 16.1. The van der Waals surface area contributed by atoms with Gasteiger partial charge in [0.15, 0.2) is 11.0 Å². The molecule has 0 bridgehead atoms. The number of hydrogen-bond acceptors (Lipinski definition) is 5. The standard InChI is InChI=1S/C23H20F3N5OS/c24-23(25,26)18-11-17(12-27-13-18)21-29-30-22(31(21)14-16-7-3-1-4-8-16)33-15-20(32)28-19-9-5-2-6-10-19/h1-5,7-9,11-13H,6,10,14-15H2,(H,28,32). The molecular formula is C23H20F3N5OS. The molecule has 2 aromatic heterocycles. The number of pyridine rings is 1. The van der Waals surface area contributed by atoms with Crippen molar-refractivity contribution in [3.63, 3.8) is 0 Å². The van der Waals surface area contributed by atoms with Crippen LogP contribution in [0.25, 0.3) is 11.4 Å². The molecule has 3 aromatic rings. The first kappa shape index (κ1) is 22.8. The van der Waals surface area contributed by atoms with Gasteiger partial charge in [0.25, 0.3) is 0 Å². The molecule has 33 heavy (non-hydrogen) atoms. The van der Waals surface area contributed by atoms with Gasteiger partial charge in [0, 0.05) is 23.7 Å². The maximum absolute atomic E-state index is 13.2. The zero-order valence-corrected chi connectivity index (χ0v) is 18.2. The molecule has 0 saturated heterocycles. The Hall–Kier alpha value is -3.40. The molecule has 0 unspecified atom stereocenters. The molecule has 0 aliphatic heterocycles. The molecule has 0 spiro atoms. The summed E-state index contributed by atoms with van der Waals surface area (Å²) in [5.74, 6) is 0.160. The number of nitrogens with one attached hydrogen (secondary N) is 1. The van der Waals surface area contributed by atoms with E-state index in [0.29, 0.717) is 11.7 Å². The highest BCUT2D eigenvalue weighted by Crippen LogP contribution is 2.32. The molecule has 1 N–H and O–H groups in total.